The topological polar surface area (TPSA) is 76.3 Å². The molecule has 2 N–H and O–H groups in total. The first-order valence-electron chi connectivity index (χ1n) is 12.0. The number of aliphatic hydroxyl groups excluding tert-OH is 1. The maximum Gasteiger partial charge on any atom is 0.224 e. The summed E-state index contributed by atoms with van der Waals surface area (Å²) in [6.07, 6.45) is 18.6. The van der Waals surface area contributed by atoms with Crippen molar-refractivity contribution < 1.29 is 19.6 Å². The van der Waals surface area contributed by atoms with Gasteiger partial charge in [-0.2, -0.15) is 4.57 Å². The molecule has 1 amide bonds. The van der Waals surface area contributed by atoms with Gasteiger partial charge in [0.15, 0.2) is 18.4 Å². The lowest BCUT2D eigenvalue weighted by Crippen LogP contribution is -2.45. The Balaban J connectivity index is 2.62. The van der Waals surface area contributed by atoms with Gasteiger partial charge in [-0.15, -0.1) is 0 Å². The van der Waals surface area contributed by atoms with Gasteiger partial charge in [0.25, 0.3) is 0 Å². The van der Waals surface area contributed by atoms with E-state index >= 15 is 0 Å². The Morgan fingerprint density at radius 3 is 1.97 bits per heavy atom. The summed E-state index contributed by atoms with van der Waals surface area (Å²) < 4.78 is 1.90. The number of nitrogens with one attached hydrogen (secondary N) is 1. The zero-order valence-electron chi connectivity index (χ0n) is 19.1. The zero-order valence-corrected chi connectivity index (χ0v) is 19.1. The highest BCUT2D eigenvalue weighted by atomic mass is 16.5. The molecular weight excluding hydrogens is 376 g/mol. The van der Waals surface area contributed by atoms with Crippen LogP contribution in [0.1, 0.15) is 110 Å². The lowest BCUT2D eigenvalue weighted by molar-refractivity contribution is -0.716. The standard InChI is InChI=1S/C25H42N2O3/c1-3-5-7-8-9-10-11-12-15-18-22(27-20-16-13-17-21-27)24(25(29)30)26-23(28)19-14-6-4-2/h13,16-17,20-22H,3-12,14-15,18-19H2,1-2H3,(H2-,26,28,29,30). The molecule has 1 rings (SSSR count). The molecule has 0 saturated carbocycles. The van der Waals surface area contributed by atoms with E-state index in [1.165, 1.54) is 44.9 Å². The molecule has 30 heavy (non-hydrogen) atoms. The van der Waals surface area contributed by atoms with E-state index in [4.69, 9.17) is 0 Å². The van der Waals surface area contributed by atoms with E-state index < -0.39 is 5.95 Å². The van der Waals surface area contributed by atoms with Crippen molar-refractivity contribution in [3.05, 3.63) is 42.2 Å². The molecule has 1 heterocycles. The molecule has 5 heteroatoms. The molecular formula is C25H42N2O3. The Hall–Kier alpha value is -2.04. The molecule has 170 valence electrons. The summed E-state index contributed by atoms with van der Waals surface area (Å²) in [7, 11) is 0. The fourth-order valence-corrected chi connectivity index (χ4v) is 3.74. The van der Waals surface area contributed by atoms with Crippen LogP contribution >= 0.6 is 0 Å². The van der Waals surface area contributed by atoms with Gasteiger partial charge in [-0.25, -0.2) is 0 Å². The number of rotatable bonds is 17. The van der Waals surface area contributed by atoms with Gasteiger partial charge in [0.2, 0.25) is 5.91 Å². The van der Waals surface area contributed by atoms with Crippen LogP contribution in [0, 0.1) is 0 Å². The molecule has 1 unspecified atom stereocenters. The van der Waals surface area contributed by atoms with Crippen molar-refractivity contribution in [2.45, 2.75) is 110 Å². The second-order valence-corrected chi connectivity index (χ2v) is 8.18. The third kappa shape index (κ3) is 11.2. The maximum absolute atomic E-state index is 12.3. The minimum absolute atomic E-state index is 0.0901. The van der Waals surface area contributed by atoms with Gasteiger partial charge in [0.1, 0.15) is 5.70 Å². The van der Waals surface area contributed by atoms with Gasteiger partial charge >= 0.3 is 0 Å². The van der Waals surface area contributed by atoms with Gasteiger partial charge < -0.3 is 15.5 Å². The Morgan fingerprint density at radius 1 is 0.867 bits per heavy atom. The summed E-state index contributed by atoms with van der Waals surface area (Å²) in [4.78, 5) is 12.3. The molecule has 1 atom stereocenters. The highest BCUT2D eigenvalue weighted by Crippen LogP contribution is 2.20. The number of amides is 1. The predicted molar refractivity (Wildman–Crippen MR) is 119 cm³/mol. The number of hydrogen-bond acceptors (Lipinski definition) is 3. The van der Waals surface area contributed by atoms with Crippen molar-refractivity contribution in [2.75, 3.05) is 0 Å². The summed E-state index contributed by atoms with van der Waals surface area (Å²) in [5.41, 5.74) is 0.0901. The number of aliphatic hydroxyl groups is 1. The van der Waals surface area contributed by atoms with Gasteiger partial charge in [-0.05, 0) is 12.8 Å². The van der Waals surface area contributed by atoms with Crippen LogP contribution < -0.4 is 15.0 Å². The average Bonchev–Trinajstić information content (AvgIpc) is 2.74. The predicted octanol–water partition coefficient (Wildman–Crippen LogP) is 5.22. The second-order valence-electron chi connectivity index (χ2n) is 8.18. The quantitative estimate of drug-likeness (QED) is 0.207. The molecule has 0 spiro atoms. The van der Waals surface area contributed by atoms with E-state index in [0.717, 1.165) is 32.1 Å². The average molecular weight is 419 g/mol. The summed E-state index contributed by atoms with van der Waals surface area (Å²) in [6, 6.07) is 5.34. The van der Waals surface area contributed by atoms with Crippen LogP contribution in [0.25, 0.3) is 0 Å². The number of allylic oxidation sites excluding steroid dienone is 1. The number of unbranched alkanes of at least 4 members (excludes halogenated alkanes) is 10. The van der Waals surface area contributed by atoms with Crippen molar-refractivity contribution >= 4 is 5.91 Å². The van der Waals surface area contributed by atoms with Crippen LogP contribution in [0.5, 0.6) is 0 Å². The van der Waals surface area contributed by atoms with Gasteiger partial charge in [0, 0.05) is 25.0 Å². The van der Waals surface area contributed by atoms with Crippen LogP contribution in [-0.4, -0.2) is 11.0 Å². The van der Waals surface area contributed by atoms with E-state index in [9.17, 15) is 15.0 Å². The Labute approximate surface area is 183 Å². The highest BCUT2D eigenvalue weighted by Gasteiger charge is 2.25. The first-order chi connectivity index (χ1) is 14.6. The third-order valence-corrected chi connectivity index (χ3v) is 5.52. The first kappa shape index (κ1) is 26.0. The first-order valence-corrected chi connectivity index (χ1v) is 12.0. The molecule has 0 bridgehead atoms. The molecule has 0 radical (unpaired) electrons. The molecule has 0 aliphatic carbocycles. The smallest absolute Gasteiger partial charge is 0.224 e. The van der Waals surface area contributed by atoms with Crippen molar-refractivity contribution in [1.82, 2.24) is 5.32 Å². The molecule has 0 aromatic carbocycles. The molecule has 1 aromatic rings. The molecule has 0 aliphatic rings. The van der Waals surface area contributed by atoms with Crippen LogP contribution in [0.2, 0.25) is 0 Å². The summed E-state index contributed by atoms with van der Waals surface area (Å²) in [5, 5.41) is 24.5. The maximum atomic E-state index is 12.3. The number of hydrogen-bond donors (Lipinski definition) is 2. The number of carbonyl (C=O) groups is 1. The fraction of sp³-hybridized carbons (Fsp3) is 0.680. The molecule has 0 saturated heterocycles. The monoisotopic (exact) mass is 418 g/mol. The molecule has 1 aromatic heterocycles. The minimum atomic E-state index is -1.05. The van der Waals surface area contributed by atoms with E-state index in [-0.39, 0.29) is 17.6 Å². The van der Waals surface area contributed by atoms with Crippen molar-refractivity contribution in [1.29, 1.82) is 0 Å². The van der Waals surface area contributed by atoms with E-state index in [1.807, 2.05) is 35.2 Å². The van der Waals surface area contributed by atoms with Crippen LogP contribution in [-0.2, 0) is 4.79 Å². The van der Waals surface area contributed by atoms with Gasteiger partial charge in [0.05, 0.1) is 5.95 Å². The molecule has 5 nitrogen and oxygen atoms in total. The summed E-state index contributed by atoms with van der Waals surface area (Å²) in [6.45, 7) is 4.32. The SMILES string of the molecule is CCCCCCCCCCCC(/C(NC(=O)CCCCC)=C(/[O-])O)[n+]1ccccc1. The normalized spacial score (nSPS) is 13.0. The summed E-state index contributed by atoms with van der Waals surface area (Å²) in [5.74, 6) is -1.24. The van der Waals surface area contributed by atoms with Gasteiger partial charge in [-0.1, -0.05) is 84.1 Å². The Kier molecular flexibility index (Phi) is 14.5. The highest BCUT2D eigenvalue weighted by molar-refractivity contribution is 5.77. The van der Waals surface area contributed by atoms with Crippen molar-refractivity contribution in [3.8, 4) is 0 Å². The minimum Gasteiger partial charge on any atom is -0.628 e. The number of nitrogens with zero attached hydrogens (tertiary/aromatic N) is 1. The number of carbonyl (C=O) groups excluding carboxylic acids is 1. The van der Waals surface area contributed by atoms with Crippen LogP contribution in [0.4, 0.5) is 0 Å². The van der Waals surface area contributed by atoms with Gasteiger partial charge in [-0.3, -0.25) is 4.79 Å². The fourth-order valence-electron chi connectivity index (χ4n) is 3.74. The van der Waals surface area contributed by atoms with E-state index in [1.54, 1.807) is 0 Å². The zero-order chi connectivity index (χ0) is 22.0. The molecule has 0 aliphatic heterocycles. The number of pyridine rings is 1. The second kappa shape index (κ2) is 16.7. The van der Waals surface area contributed by atoms with E-state index in [2.05, 4.69) is 19.2 Å². The van der Waals surface area contributed by atoms with Crippen LogP contribution in [0.15, 0.2) is 42.2 Å². The van der Waals surface area contributed by atoms with E-state index in [0.29, 0.717) is 12.8 Å². The van der Waals surface area contributed by atoms with Crippen LogP contribution in [0.3, 0.4) is 0 Å². The molecule has 0 fully saturated rings. The third-order valence-electron chi connectivity index (χ3n) is 5.52. The van der Waals surface area contributed by atoms with Crippen molar-refractivity contribution in [2.24, 2.45) is 0 Å². The van der Waals surface area contributed by atoms with Crippen molar-refractivity contribution in [3.63, 3.8) is 0 Å². The lowest BCUT2D eigenvalue weighted by atomic mass is 10.0. The summed E-state index contributed by atoms with van der Waals surface area (Å²) >= 11 is 0. The largest absolute Gasteiger partial charge is 0.628 e. The number of aromatic nitrogens is 1. The Morgan fingerprint density at radius 2 is 1.40 bits per heavy atom. The Bertz CT molecular complexity index is 598. The lowest BCUT2D eigenvalue weighted by Gasteiger charge is -2.20.